The van der Waals surface area contributed by atoms with Gasteiger partial charge in [-0.3, -0.25) is 5.43 Å². The topological polar surface area (TPSA) is 33.6 Å². The van der Waals surface area contributed by atoms with Crippen molar-refractivity contribution in [3.05, 3.63) is 57.0 Å². The average molecular weight is 330 g/mol. The second-order valence-corrected chi connectivity index (χ2v) is 5.11. The molecule has 0 aromatic heterocycles. The van der Waals surface area contributed by atoms with Crippen LogP contribution >= 0.6 is 34.8 Å². The summed E-state index contributed by atoms with van der Waals surface area (Å²) in [6.45, 7) is 0. The van der Waals surface area contributed by atoms with E-state index in [9.17, 15) is 0 Å². The Bertz CT molecular complexity index is 621. The van der Waals surface area contributed by atoms with E-state index in [1.807, 2.05) is 24.3 Å². The second kappa shape index (κ2) is 6.84. The molecule has 0 saturated carbocycles. The lowest BCUT2D eigenvalue weighted by atomic mass is 10.2. The first kappa shape index (κ1) is 15.0. The van der Waals surface area contributed by atoms with Gasteiger partial charge in [0.05, 0.1) is 29.1 Å². The SMILES string of the molecule is COc1ccccc1/C=N\Nc1c(Cl)cc(Cl)cc1Cl. The van der Waals surface area contributed by atoms with Crippen molar-refractivity contribution < 1.29 is 4.74 Å². The molecule has 0 radical (unpaired) electrons. The Hall–Kier alpha value is -1.42. The van der Waals surface area contributed by atoms with Crippen molar-refractivity contribution in [1.29, 1.82) is 0 Å². The first-order valence-corrected chi connectivity index (χ1v) is 6.82. The molecule has 0 aliphatic rings. The summed E-state index contributed by atoms with van der Waals surface area (Å²) < 4.78 is 5.22. The van der Waals surface area contributed by atoms with Crippen molar-refractivity contribution in [3.8, 4) is 5.75 Å². The van der Waals surface area contributed by atoms with E-state index in [-0.39, 0.29) is 0 Å². The minimum atomic E-state index is 0.402. The average Bonchev–Trinajstić information content (AvgIpc) is 2.42. The summed E-state index contributed by atoms with van der Waals surface area (Å²) in [7, 11) is 1.60. The number of hydrazone groups is 1. The predicted molar refractivity (Wildman–Crippen MR) is 85.7 cm³/mol. The van der Waals surface area contributed by atoms with Gasteiger partial charge in [-0.15, -0.1) is 0 Å². The first-order valence-electron chi connectivity index (χ1n) is 5.68. The Morgan fingerprint density at radius 3 is 2.40 bits per heavy atom. The van der Waals surface area contributed by atoms with Gasteiger partial charge >= 0.3 is 0 Å². The standard InChI is InChI=1S/C14H11Cl3N2O/c1-20-13-5-3-2-4-9(13)8-18-19-14-11(16)6-10(15)7-12(14)17/h2-8,19H,1H3/b18-8-. The molecule has 0 bridgehead atoms. The number of hydrogen-bond acceptors (Lipinski definition) is 3. The highest BCUT2D eigenvalue weighted by molar-refractivity contribution is 6.41. The zero-order valence-corrected chi connectivity index (χ0v) is 12.8. The van der Waals surface area contributed by atoms with Crippen LogP contribution in [0.15, 0.2) is 41.5 Å². The van der Waals surface area contributed by atoms with E-state index in [1.54, 1.807) is 25.5 Å². The smallest absolute Gasteiger partial charge is 0.127 e. The van der Waals surface area contributed by atoms with Crippen LogP contribution in [0.2, 0.25) is 15.1 Å². The van der Waals surface area contributed by atoms with Crippen molar-refractivity contribution in [2.24, 2.45) is 5.10 Å². The van der Waals surface area contributed by atoms with Gasteiger partial charge < -0.3 is 4.74 Å². The summed E-state index contributed by atoms with van der Waals surface area (Å²) in [4.78, 5) is 0. The molecule has 2 rings (SSSR count). The van der Waals surface area contributed by atoms with Crippen molar-refractivity contribution in [2.45, 2.75) is 0 Å². The molecule has 0 heterocycles. The van der Waals surface area contributed by atoms with Crippen molar-refractivity contribution in [3.63, 3.8) is 0 Å². The number of ether oxygens (including phenoxy) is 1. The highest BCUT2D eigenvalue weighted by Crippen LogP contribution is 2.33. The fourth-order valence-electron chi connectivity index (χ4n) is 1.59. The fraction of sp³-hybridized carbons (Fsp3) is 0.0714. The fourth-order valence-corrected chi connectivity index (χ4v) is 2.49. The van der Waals surface area contributed by atoms with E-state index in [2.05, 4.69) is 10.5 Å². The Labute approximate surface area is 132 Å². The first-order chi connectivity index (χ1) is 9.61. The highest BCUT2D eigenvalue weighted by atomic mass is 35.5. The molecule has 1 N–H and O–H groups in total. The summed E-state index contributed by atoms with van der Waals surface area (Å²) >= 11 is 17.9. The maximum Gasteiger partial charge on any atom is 0.127 e. The molecule has 2 aromatic rings. The number of para-hydroxylation sites is 1. The third-order valence-electron chi connectivity index (χ3n) is 2.53. The van der Waals surface area contributed by atoms with Crippen molar-refractivity contribution in [2.75, 3.05) is 12.5 Å². The summed E-state index contributed by atoms with van der Waals surface area (Å²) in [5, 5.41) is 5.38. The molecule has 104 valence electrons. The Morgan fingerprint density at radius 1 is 1.10 bits per heavy atom. The molecular weight excluding hydrogens is 319 g/mol. The Balaban J connectivity index is 2.18. The molecule has 6 heteroatoms. The van der Waals surface area contributed by atoms with Crippen LogP contribution in [-0.4, -0.2) is 13.3 Å². The molecule has 0 saturated heterocycles. The van der Waals surface area contributed by atoms with Gasteiger partial charge in [-0.1, -0.05) is 46.9 Å². The van der Waals surface area contributed by atoms with Gasteiger partial charge in [-0.2, -0.15) is 5.10 Å². The Morgan fingerprint density at radius 2 is 1.75 bits per heavy atom. The number of anilines is 1. The van der Waals surface area contributed by atoms with Gasteiger partial charge in [0, 0.05) is 10.6 Å². The van der Waals surface area contributed by atoms with Crippen molar-refractivity contribution in [1.82, 2.24) is 0 Å². The van der Waals surface area contributed by atoms with E-state index < -0.39 is 0 Å². The zero-order chi connectivity index (χ0) is 14.5. The van der Waals surface area contributed by atoms with Crippen LogP contribution in [0, 0.1) is 0 Å². The molecule has 0 atom stereocenters. The number of hydrogen-bond donors (Lipinski definition) is 1. The third-order valence-corrected chi connectivity index (χ3v) is 3.34. The minimum absolute atomic E-state index is 0.402. The second-order valence-electron chi connectivity index (χ2n) is 3.86. The molecule has 3 nitrogen and oxygen atoms in total. The zero-order valence-electron chi connectivity index (χ0n) is 10.5. The maximum atomic E-state index is 6.05. The van der Waals surface area contributed by atoms with Crippen LogP contribution in [0.1, 0.15) is 5.56 Å². The third kappa shape index (κ3) is 3.57. The molecule has 0 fully saturated rings. The van der Waals surface area contributed by atoms with Crippen LogP contribution in [0.4, 0.5) is 5.69 Å². The molecule has 0 aliphatic carbocycles. The van der Waals surface area contributed by atoms with Gasteiger partial charge in [0.1, 0.15) is 5.75 Å². The number of halogens is 3. The summed E-state index contributed by atoms with van der Waals surface area (Å²) in [5.74, 6) is 0.728. The number of methoxy groups -OCH3 is 1. The number of nitrogens with zero attached hydrogens (tertiary/aromatic N) is 1. The highest BCUT2D eigenvalue weighted by Gasteiger charge is 2.06. The van der Waals surface area contributed by atoms with E-state index >= 15 is 0 Å². The quantitative estimate of drug-likeness (QED) is 0.625. The van der Waals surface area contributed by atoms with Gasteiger partial charge in [0.15, 0.2) is 0 Å². The maximum absolute atomic E-state index is 6.05. The lowest BCUT2D eigenvalue weighted by Gasteiger charge is -2.07. The van der Waals surface area contributed by atoms with Crippen LogP contribution in [0.3, 0.4) is 0 Å². The van der Waals surface area contributed by atoms with Crippen LogP contribution in [-0.2, 0) is 0 Å². The lowest BCUT2D eigenvalue weighted by Crippen LogP contribution is -1.95. The number of rotatable bonds is 4. The number of benzene rings is 2. The van der Waals surface area contributed by atoms with E-state index in [0.717, 1.165) is 11.3 Å². The van der Waals surface area contributed by atoms with Gasteiger partial charge in [0.25, 0.3) is 0 Å². The van der Waals surface area contributed by atoms with Crippen LogP contribution in [0.5, 0.6) is 5.75 Å². The van der Waals surface area contributed by atoms with Crippen LogP contribution < -0.4 is 10.2 Å². The van der Waals surface area contributed by atoms with Crippen LogP contribution in [0.25, 0.3) is 0 Å². The molecule has 20 heavy (non-hydrogen) atoms. The van der Waals surface area contributed by atoms with E-state index in [4.69, 9.17) is 39.5 Å². The van der Waals surface area contributed by atoms with E-state index in [0.29, 0.717) is 20.8 Å². The van der Waals surface area contributed by atoms with Gasteiger partial charge in [0.2, 0.25) is 0 Å². The summed E-state index contributed by atoms with van der Waals surface area (Å²) in [6, 6.07) is 10.7. The van der Waals surface area contributed by atoms with Crippen molar-refractivity contribution >= 4 is 46.7 Å². The molecule has 0 aliphatic heterocycles. The predicted octanol–water partition coefficient (Wildman–Crippen LogP) is 5.10. The Kier molecular flexibility index (Phi) is 5.12. The normalized spacial score (nSPS) is 10.8. The van der Waals surface area contributed by atoms with Gasteiger partial charge in [-0.25, -0.2) is 0 Å². The molecule has 0 unspecified atom stereocenters. The molecule has 0 amide bonds. The molecule has 2 aromatic carbocycles. The lowest BCUT2D eigenvalue weighted by molar-refractivity contribution is 0.414. The largest absolute Gasteiger partial charge is 0.496 e. The minimum Gasteiger partial charge on any atom is -0.496 e. The monoisotopic (exact) mass is 328 g/mol. The molecule has 0 spiro atoms. The summed E-state index contributed by atoms with van der Waals surface area (Å²) in [6.07, 6.45) is 1.63. The molecular formula is C14H11Cl3N2O. The van der Waals surface area contributed by atoms with E-state index in [1.165, 1.54) is 0 Å². The number of nitrogens with one attached hydrogen (secondary N) is 1. The summed E-state index contributed by atoms with van der Waals surface area (Å²) in [5.41, 5.74) is 4.14. The van der Waals surface area contributed by atoms with Gasteiger partial charge in [-0.05, 0) is 24.3 Å².